The molecule has 2 N–H and O–H groups in total. The van der Waals surface area contributed by atoms with E-state index in [0.29, 0.717) is 11.8 Å². The fraction of sp³-hybridized carbons (Fsp3) is 0.800. The molecule has 0 unspecified atom stereocenters. The molecule has 1 aliphatic carbocycles. The van der Waals surface area contributed by atoms with Gasteiger partial charge in [0.1, 0.15) is 12.4 Å². The van der Waals surface area contributed by atoms with Crippen LogP contribution in [-0.2, 0) is 13.6 Å². The molecule has 6 nitrogen and oxygen atoms in total. The molecule has 0 atom stereocenters. The molecular formula is C15H25F3N6. The molecule has 0 radical (unpaired) electrons. The van der Waals surface area contributed by atoms with E-state index in [4.69, 9.17) is 0 Å². The third kappa shape index (κ3) is 6.01. The highest BCUT2D eigenvalue weighted by atomic mass is 19.4. The van der Waals surface area contributed by atoms with Crippen molar-refractivity contribution in [2.24, 2.45) is 12.0 Å². The van der Waals surface area contributed by atoms with Gasteiger partial charge in [-0.1, -0.05) is 19.3 Å². The Balaban J connectivity index is 1.97. The van der Waals surface area contributed by atoms with Gasteiger partial charge in [-0.15, -0.1) is 10.2 Å². The molecule has 24 heavy (non-hydrogen) atoms. The van der Waals surface area contributed by atoms with Crippen molar-refractivity contribution in [3.8, 4) is 0 Å². The second-order valence-electron chi connectivity index (χ2n) is 6.16. The minimum atomic E-state index is -4.18. The Labute approximate surface area is 139 Å². The summed E-state index contributed by atoms with van der Waals surface area (Å²) < 4.78 is 38.9. The van der Waals surface area contributed by atoms with Crippen LogP contribution in [0.4, 0.5) is 13.2 Å². The third-order valence-electron chi connectivity index (χ3n) is 4.21. The zero-order valence-corrected chi connectivity index (χ0v) is 14.2. The Bertz CT molecular complexity index is 546. The zero-order valence-electron chi connectivity index (χ0n) is 14.2. The van der Waals surface area contributed by atoms with E-state index in [1.54, 1.807) is 0 Å². The van der Waals surface area contributed by atoms with Crippen molar-refractivity contribution in [3.05, 3.63) is 11.6 Å². The van der Waals surface area contributed by atoms with E-state index in [1.807, 2.05) is 18.5 Å². The maximum Gasteiger partial charge on any atom is 0.390 e. The first-order valence-corrected chi connectivity index (χ1v) is 8.31. The first-order chi connectivity index (χ1) is 11.3. The normalized spacial score (nSPS) is 17.1. The molecule has 1 aromatic rings. The first kappa shape index (κ1) is 18.5. The molecule has 2 rings (SSSR count). The Morgan fingerprint density at radius 3 is 2.54 bits per heavy atom. The van der Waals surface area contributed by atoms with Gasteiger partial charge in [0.05, 0.1) is 6.42 Å². The summed E-state index contributed by atoms with van der Waals surface area (Å²) in [7, 11) is 1.84. The molecule has 0 spiro atoms. The summed E-state index contributed by atoms with van der Waals surface area (Å²) in [5, 5.41) is 14.0. The van der Waals surface area contributed by atoms with Crippen LogP contribution in [0.2, 0.25) is 0 Å². The lowest BCUT2D eigenvalue weighted by Crippen LogP contribution is -2.45. The summed E-state index contributed by atoms with van der Waals surface area (Å²) in [6.07, 6.45) is 0.452. The van der Waals surface area contributed by atoms with Crippen molar-refractivity contribution < 1.29 is 13.2 Å². The summed E-state index contributed by atoms with van der Waals surface area (Å²) in [4.78, 5) is 4.39. The number of hydrogen-bond acceptors (Lipinski definition) is 3. The maximum atomic E-state index is 12.3. The molecule has 0 bridgehead atoms. The molecule has 1 heterocycles. The maximum absolute atomic E-state index is 12.3. The number of aromatic nitrogens is 3. The lowest BCUT2D eigenvalue weighted by Gasteiger charge is -2.25. The molecule has 1 aliphatic rings. The fourth-order valence-electron chi connectivity index (χ4n) is 2.65. The molecule has 9 heteroatoms. The minimum absolute atomic E-state index is 0.195. The van der Waals surface area contributed by atoms with Crippen molar-refractivity contribution in [2.75, 3.05) is 6.54 Å². The van der Waals surface area contributed by atoms with Crippen molar-refractivity contribution in [3.63, 3.8) is 0 Å². The molecule has 0 amide bonds. The van der Waals surface area contributed by atoms with Crippen molar-refractivity contribution in [2.45, 2.75) is 64.2 Å². The van der Waals surface area contributed by atoms with Gasteiger partial charge in [-0.05, 0) is 19.8 Å². The lowest BCUT2D eigenvalue weighted by atomic mass is 9.96. The smallest absolute Gasteiger partial charge is 0.356 e. The SMILES string of the molecule is Cc1nnc(CN=C(NCCC(F)(F)F)NC2CCCCC2)n1C. The largest absolute Gasteiger partial charge is 0.390 e. The van der Waals surface area contributed by atoms with Crippen LogP contribution >= 0.6 is 0 Å². The quantitative estimate of drug-likeness (QED) is 0.635. The summed E-state index contributed by atoms with van der Waals surface area (Å²) in [5.74, 6) is 1.85. The van der Waals surface area contributed by atoms with E-state index in [2.05, 4.69) is 25.8 Å². The van der Waals surface area contributed by atoms with E-state index in [-0.39, 0.29) is 19.1 Å². The highest BCUT2D eigenvalue weighted by molar-refractivity contribution is 5.80. The van der Waals surface area contributed by atoms with Crippen LogP contribution in [0.3, 0.4) is 0 Å². The molecule has 0 aliphatic heterocycles. The minimum Gasteiger partial charge on any atom is -0.356 e. The van der Waals surface area contributed by atoms with Crippen LogP contribution in [0.15, 0.2) is 4.99 Å². The van der Waals surface area contributed by atoms with Crippen LogP contribution in [0.1, 0.15) is 50.2 Å². The Morgan fingerprint density at radius 2 is 1.96 bits per heavy atom. The van der Waals surface area contributed by atoms with Crippen molar-refractivity contribution in [1.82, 2.24) is 25.4 Å². The second-order valence-corrected chi connectivity index (χ2v) is 6.16. The number of nitrogens with zero attached hydrogens (tertiary/aromatic N) is 4. The number of nitrogens with one attached hydrogen (secondary N) is 2. The number of alkyl halides is 3. The van der Waals surface area contributed by atoms with Gasteiger partial charge in [0.25, 0.3) is 0 Å². The zero-order chi connectivity index (χ0) is 17.6. The van der Waals surface area contributed by atoms with E-state index in [0.717, 1.165) is 31.5 Å². The van der Waals surface area contributed by atoms with Crippen LogP contribution in [0, 0.1) is 6.92 Å². The van der Waals surface area contributed by atoms with Gasteiger partial charge in [-0.3, -0.25) is 0 Å². The summed E-state index contributed by atoms with van der Waals surface area (Å²) >= 11 is 0. The Morgan fingerprint density at radius 1 is 1.25 bits per heavy atom. The topological polar surface area (TPSA) is 67.1 Å². The number of aliphatic imine (C=N–C) groups is 1. The summed E-state index contributed by atoms with van der Waals surface area (Å²) in [6.45, 7) is 1.91. The highest BCUT2D eigenvalue weighted by Gasteiger charge is 2.26. The average molecular weight is 346 g/mol. The predicted molar refractivity (Wildman–Crippen MR) is 85.6 cm³/mol. The average Bonchev–Trinajstić information content (AvgIpc) is 2.84. The standard InChI is InChI=1S/C15H25F3N6/c1-11-22-23-13(24(11)2)10-20-14(19-9-8-15(16,17)18)21-12-6-4-3-5-7-12/h12H,3-10H2,1-2H3,(H2,19,20,21). The molecular weight excluding hydrogens is 321 g/mol. The van der Waals surface area contributed by atoms with Gasteiger partial charge in [0, 0.05) is 19.6 Å². The molecule has 0 saturated heterocycles. The van der Waals surface area contributed by atoms with Crippen LogP contribution in [0.5, 0.6) is 0 Å². The Kier molecular flexibility index (Phi) is 6.44. The van der Waals surface area contributed by atoms with E-state index >= 15 is 0 Å². The number of hydrogen-bond donors (Lipinski definition) is 2. The molecule has 1 saturated carbocycles. The molecule has 1 fully saturated rings. The van der Waals surface area contributed by atoms with Gasteiger partial charge in [0.15, 0.2) is 11.8 Å². The molecule has 0 aromatic carbocycles. The van der Waals surface area contributed by atoms with Crippen LogP contribution in [-0.4, -0.2) is 39.5 Å². The first-order valence-electron chi connectivity index (χ1n) is 8.31. The van der Waals surface area contributed by atoms with Gasteiger partial charge in [-0.25, -0.2) is 4.99 Å². The van der Waals surface area contributed by atoms with Crippen LogP contribution in [0.25, 0.3) is 0 Å². The van der Waals surface area contributed by atoms with Gasteiger partial charge in [-0.2, -0.15) is 13.2 Å². The third-order valence-corrected chi connectivity index (χ3v) is 4.21. The van der Waals surface area contributed by atoms with E-state index in [1.165, 1.54) is 6.42 Å². The summed E-state index contributed by atoms with van der Waals surface area (Å²) in [6, 6.07) is 0.261. The lowest BCUT2D eigenvalue weighted by molar-refractivity contribution is -0.132. The number of rotatable bonds is 5. The van der Waals surface area contributed by atoms with Crippen molar-refractivity contribution >= 4 is 5.96 Å². The monoisotopic (exact) mass is 346 g/mol. The van der Waals surface area contributed by atoms with Gasteiger partial charge >= 0.3 is 6.18 Å². The Hall–Kier alpha value is -1.80. The molecule has 136 valence electrons. The summed E-state index contributed by atoms with van der Waals surface area (Å²) in [5.41, 5.74) is 0. The van der Waals surface area contributed by atoms with Gasteiger partial charge < -0.3 is 15.2 Å². The molecule has 1 aromatic heterocycles. The van der Waals surface area contributed by atoms with E-state index in [9.17, 15) is 13.2 Å². The van der Waals surface area contributed by atoms with Crippen molar-refractivity contribution in [1.29, 1.82) is 0 Å². The highest BCUT2D eigenvalue weighted by Crippen LogP contribution is 2.19. The van der Waals surface area contributed by atoms with E-state index < -0.39 is 12.6 Å². The van der Waals surface area contributed by atoms with Crippen LogP contribution < -0.4 is 10.6 Å². The predicted octanol–water partition coefficient (Wildman–Crippen LogP) is 2.44. The number of aryl methyl sites for hydroxylation is 1. The second kappa shape index (κ2) is 8.34. The number of guanidine groups is 1. The van der Waals surface area contributed by atoms with Gasteiger partial charge in [0.2, 0.25) is 0 Å². The fourth-order valence-corrected chi connectivity index (χ4v) is 2.65. The number of halogens is 3.